The van der Waals surface area contributed by atoms with Crippen molar-refractivity contribution in [2.24, 2.45) is 0 Å². The Morgan fingerprint density at radius 2 is 1.92 bits per heavy atom. The van der Waals surface area contributed by atoms with E-state index >= 15 is 0 Å². The Balaban J connectivity index is 1.60. The molecule has 1 aromatic carbocycles. The van der Waals surface area contributed by atoms with E-state index in [1.807, 2.05) is 17.4 Å². The molecule has 0 N–H and O–H groups in total. The van der Waals surface area contributed by atoms with Gasteiger partial charge in [-0.3, -0.25) is 9.69 Å². The van der Waals surface area contributed by atoms with Crippen molar-refractivity contribution in [1.29, 1.82) is 0 Å². The van der Waals surface area contributed by atoms with E-state index < -0.39 is 0 Å². The summed E-state index contributed by atoms with van der Waals surface area (Å²) in [4.78, 5) is 18.7. The van der Waals surface area contributed by atoms with Crippen LogP contribution in [0.25, 0.3) is 0 Å². The summed E-state index contributed by atoms with van der Waals surface area (Å²) in [5.74, 6) is 0.225. The summed E-state index contributed by atoms with van der Waals surface area (Å²) in [7, 11) is 0. The van der Waals surface area contributed by atoms with Crippen LogP contribution in [0, 0.1) is 0 Å². The maximum absolute atomic E-state index is 13.0. The number of thiophene rings is 1. The lowest BCUT2D eigenvalue weighted by Crippen LogP contribution is -2.47. The fourth-order valence-electron chi connectivity index (χ4n) is 3.62. The molecule has 24 heavy (non-hydrogen) atoms. The zero-order chi connectivity index (χ0) is 16.4. The standard InChI is InChI=1S/C19H22N2O2S/c22-18(14-20-9-11-23-12-10-20)21-8-6-17-16(7-13-24-17)19(21)15-4-2-1-3-5-15/h1-5,7,13,19H,6,8-12,14H2/t19-/m0/s1. The molecule has 0 unspecified atom stereocenters. The van der Waals surface area contributed by atoms with Gasteiger partial charge in [-0.05, 0) is 29.0 Å². The van der Waals surface area contributed by atoms with Gasteiger partial charge in [0.2, 0.25) is 5.91 Å². The minimum absolute atomic E-state index is 0.0507. The Labute approximate surface area is 146 Å². The van der Waals surface area contributed by atoms with Gasteiger partial charge in [0.1, 0.15) is 0 Å². The third-order valence-corrected chi connectivity index (χ3v) is 5.86. The molecule has 1 saturated heterocycles. The minimum atomic E-state index is 0.0507. The molecule has 0 saturated carbocycles. The van der Waals surface area contributed by atoms with Gasteiger partial charge in [0, 0.05) is 24.5 Å². The number of ether oxygens (including phenoxy) is 1. The summed E-state index contributed by atoms with van der Waals surface area (Å²) in [6, 6.07) is 12.6. The van der Waals surface area contributed by atoms with Crippen molar-refractivity contribution >= 4 is 17.2 Å². The number of amides is 1. The van der Waals surface area contributed by atoms with Crippen LogP contribution in [0.15, 0.2) is 41.8 Å². The highest BCUT2D eigenvalue weighted by atomic mass is 32.1. The molecule has 1 atom stereocenters. The fraction of sp³-hybridized carbons (Fsp3) is 0.421. The highest BCUT2D eigenvalue weighted by molar-refractivity contribution is 7.10. The number of hydrogen-bond donors (Lipinski definition) is 0. The number of hydrogen-bond acceptors (Lipinski definition) is 4. The molecule has 0 aliphatic carbocycles. The maximum atomic E-state index is 13.0. The SMILES string of the molecule is O=C(CN1CCOCC1)N1CCc2sccc2[C@@H]1c1ccccc1. The molecule has 1 aromatic heterocycles. The van der Waals surface area contributed by atoms with Gasteiger partial charge in [-0.1, -0.05) is 30.3 Å². The number of rotatable bonds is 3. The zero-order valence-corrected chi connectivity index (χ0v) is 14.5. The van der Waals surface area contributed by atoms with Crippen molar-refractivity contribution in [1.82, 2.24) is 9.80 Å². The number of fused-ring (bicyclic) bond motifs is 1. The second-order valence-electron chi connectivity index (χ2n) is 6.34. The van der Waals surface area contributed by atoms with Crippen LogP contribution in [0.5, 0.6) is 0 Å². The highest BCUT2D eigenvalue weighted by Crippen LogP contribution is 2.37. The van der Waals surface area contributed by atoms with E-state index in [1.54, 1.807) is 0 Å². The number of morpholine rings is 1. The topological polar surface area (TPSA) is 32.8 Å². The lowest BCUT2D eigenvalue weighted by Gasteiger charge is -2.38. The van der Waals surface area contributed by atoms with Crippen LogP contribution in [0.2, 0.25) is 0 Å². The monoisotopic (exact) mass is 342 g/mol. The zero-order valence-electron chi connectivity index (χ0n) is 13.7. The largest absolute Gasteiger partial charge is 0.379 e. The van der Waals surface area contributed by atoms with Gasteiger partial charge in [-0.25, -0.2) is 0 Å². The van der Waals surface area contributed by atoms with Crippen LogP contribution in [0.4, 0.5) is 0 Å². The van der Waals surface area contributed by atoms with E-state index in [4.69, 9.17) is 4.74 Å². The molecule has 3 heterocycles. The van der Waals surface area contributed by atoms with Crippen LogP contribution in [-0.2, 0) is 16.0 Å². The number of benzene rings is 1. The van der Waals surface area contributed by atoms with Crippen LogP contribution < -0.4 is 0 Å². The van der Waals surface area contributed by atoms with E-state index in [0.717, 1.165) is 39.3 Å². The molecule has 1 fully saturated rings. The van der Waals surface area contributed by atoms with E-state index in [-0.39, 0.29) is 11.9 Å². The van der Waals surface area contributed by atoms with Gasteiger partial charge in [-0.2, -0.15) is 0 Å². The van der Waals surface area contributed by atoms with Crippen molar-refractivity contribution < 1.29 is 9.53 Å². The van der Waals surface area contributed by atoms with E-state index in [9.17, 15) is 4.79 Å². The average Bonchev–Trinajstić information content (AvgIpc) is 3.11. The first-order chi connectivity index (χ1) is 11.8. The first-order valence-electron chi connectivity index (χ1n) is 8.54. The molecule has 4 nitrogen and oxygen atoms in total. The fourth-order valence-corrected chi connectivity index (χ4v) is 4.53. The summed E-state index contributed by atoms with van der Waals surface area (Å²) < 4.78 is 5.39. The molecule has 0 bridgehead atoms. The highest BCUT2D eigenvalue weighted by Gasteiger charge is 2.33. The predicted octanol–water partition coefficient (Wildman–Crippen LogP) is 2.55. The van der Waals surface area contributed by atoms with Crippen LogP contribution >= 0.6 is 11.3 Å². The van der Waals surface area contributed by atoms with Crippen molar-refractivity contribution in [3.8, 4) is 0 Å². The molecule has 5 heteroatoms. The lowest BCUT2D eigenvalue weighted by molar-refractivity contribution is -0.135. The van der Waals surface area contributed by atoms with E-state index in [1.165, 1.54) is 16.0 Å². The Morgan fingerprint density at radius 3 is 2.71 bits per heavy atom. The molecular formula is C19H22N2O2S. The van der Waals surface area contributed by atoms with Crippen LogP contribution in [0.1, 0.15) is 22.0 Å². The molecule has 2 aromatic rings. The molecule has 2 aliphatic rings. The Bertz CT molecular complexity index is 694. The number of carbonyl (C=O) groups excluding carboxylic acids is 1. The average molecular weight is 342 g/mol. The lowest BCUT2D eigenvalue weighted by atomic mass is 9.93. The molecule has 0 radical (unpaired) electrons. The normalized spacial score (nSPS) is 21.5. The third-order valence-electron chi connectivity index (χ3n) is 4.86. The first kappa shape index (κ1) is 15.8. The van der Waals surface area contributed by atoms with Crippen molar-refractivity contribution in [3.05, 3.63) is 57.8 Å². The van der Waals surface area contributed by atoms with E-state index in [0.29, 0.717) is 6.54 Å². The first-order valence-corrected chi connectivity index (χ1v) is 9.41. The van der Waals surface area contributed by atoms with Gasteiger partial charge in [0.25, 0.3) is 0 Å². The Kier molecular flexibility index (Phi) is 4.65. The summed E-state index contributed by atoms with van der Waals surface area (Å²) in [6.45, 7) is 4.44. The molecule has 0 spiro atoms. The quantitative estimate of drug-likeness (QED) is 0.859. The molecular weight excluding hydrogens is 320 g/mol. The molecule has 2 aliphatic heterocycles. The van der Waals surface area contributed by atoms with Gasteiger partial charge in [0.15, 0.2) is 0 Å². The van der Waals surface area contributed by atoms with Crippen LogP contribution in [0.3, 0.4) is 0 Å². The molecule has 1 amide bonds. The van der Waals surface area contributed by atoms with Gasteiger partial charge >= 0.3 is 0 Å². The Morgan fingerprint density at radius 1 is 1.12 bits per heavy atom. The van der Waals surface area contributed by atoms with Crippen molar-refractivity contribution in [3.63, 3.8) is 0 Å². The third kappa shape index (κ3) is 3.11. The minimum Gasteiger partial charge on any atom is -0.379 e. The predicted molar refractivity (Wildman–Crippen MR) is 95.3 cm³/mol. The van der Waals surface area contributed by atoms with Gasteiger partial charge < -0.3 is 9.64 Å². The smallest absolute Gasteiger partial charge is 0.237 e. The summed E-state index contributed by atoms with van der Waals surface area (Å²) >= 11 is 1.81. The summed E-state index contributed by atoms with van der Waals surface area (Å²) in [5, 5.41) is 2.15. The van der Waals surface area contributed by atoms with Gasteiger partial charge in [0.05, 0.1) is 25.8 Å². The van der Waals surface area contributed by atoms with Crippen molar-refractivity contribution in [2.75, 3.05) is 39.4 Å². The number of nitrogens with zero attached hydrogens (tertiary/aromatic N) is 2. The Hall–Kier alpha value is -1.69. The second-order valence-corrected chi connectivity index (χ2v) is 7.34. The maximum Gasteiger partial charge on any atom is 0.237 e. The second kappa shape index (κ2) is 7.05. The molecule has 126 valence electrons. The van der Waals surface area contributed by atoms with E-state index in [2.05, 4.69) is 45.5 Å². The van der Waals surface area contributed by atoms with Crippen LogP contribution in [-0.4, -0.2) is 55.1 Å². The number of carbonyl (C=O) groups is 1. The molecule has 4 rings (SSSR count). The van der Waals surface area contributed by atoms with Crippen molar-refractivity contribution in [2.45, 2.75) is 12.5 Å². The van der Waals surface area contributed by atoms with Gasteiger partial charge in [-0.15, -0.1) is 11.3 Å². The summed E-state index contributed by atoms with van der Waals surface area (Å²) in [5.41, 5.74) is 2.50. The summed E-state index contributed by atoms with van der Waals surface area (Å²) in [6.07, 6.45) is 0.963.